The maximum absolute atomic E-state index is 12.1. The van der Waals surface area contributed by atoms with Gasteiger partial charge in [-0.1, -0.05) is 27.7 Å². The van der Waals surface area contributed by atoms with E-state index in [0.29, 0.717) is 12.5 Å². The van der Waals surface area contributed by atoms with E-state index < -0.39 is 5.60 Å². The molecule has 1 saturated heterocycles. The number of carbonyl (C=O) groups excluding carboxylic acids is 1. The van der Waals surface area contributed by atoms with Crippen LogP contribution in [-0.2, 0) is 4.74 Å². The first-order valence-electron chi connectivity index (χ1n) is 10.8. The van der Waals surface area contributed by atoms with Gasteiger partial charge in [-0.2, -0.15) is 0 Å². The van der Waals surface area contributed by atoms with Crippen molar-refractivity contribution in [3.05, 3.63) is 0 Å². The number of hydrogen-bond donors (Lipinski definition) is 2. The molecule has 164 valence electrons. The van der Waals surface area contributed by atoms with Crippen LogP contribution in [0.2, 0.25) is 0 Å². The summed E-state index contributed by atoms with van der Waals surface area (Å²) in [5, 5.41) is 6.44. The first-order chi connectivity index (χ1) is 13.1. The molecule has 0 bridgehead atoms. The summed E-state index contributed by atoms with van der Waals surface area (Å²) in [6, 6.07) is -0.0272. The number of ether oxygens (including phenoxy) is 1. The number of likely N-dealkylation sites (tertiary alicyclic amines) is 1. The summed E-state index contributed by atoms with van der Waals surface area (Å²) in [6.07, 6.45) is 0.824. The van der Waals surface area contributed by atoms with Gasteiger partial charge in [0.15, 0.2) is 5.96 Å². The van der Waals surface area contributed by atoms with Gasteiger partial charge in [-0.05, 0) is 52.1 Å². The molecule has 0 aromatic carbocycles. The number of aliphatic imine (C=N–C) groups is 1. The monoisotopic (exact) mass is 397 g/mol. The van der Waals surface area contributed by atoms with Gasteiger partial charge in [-0.25, -0.2) is 4.79 Å². The lowest BCUT2D eigenvalue weighted by Crippen LogP contribution is -2.50. The fraction of sp³-hybridized carbons (Fsp3) is 0.905. The van der Waals surface area contributed by atoms with Crippen LogP contribution in [0.3, 0.4) is 0 Å². The number of hydrogen-bond acceptors (Lipinski definition) is 4. The highest BCUT2D eigenvalue weighted by Crippen LogP contribution is 2.17. The summed E-state index contributed by atoms with van der Waals surface area (Å²) in [5.41, 5.74) is -0.496. The molecule has 2 unspecified atom stereocenters. The Morgan fingerprint density at radius 3 is 2.43 bits per heavy atom. The highest BCUT2D eigenvalue weighted by atomic mass is 16.6. The number of alkyl carbamates (subject to hydrolysis) is 1. The SMILES string of the molecule is CCN(CC)CC1CCN(C(=NC)NCC(NC(=O)OC(C)(C)C)C(C)C)C1. The molecule has 0 saturated carbocycles. The second-order valence-corrected chi connectivity index (χ2v) is 9.01. The fourth-order valence-electron chi connectivity index (χ4n) is 3.47. The van der Waals surface area contributed by atoms with Gasteiger partial charge in [0, 0.05) is 33.2 Å². The third-order valence-corrected chi connectivity index (χ3v) is 5.19. The second-order valence-electron chi connectivity index (χ2n) is 9.01. The van der Waals surface area contributed by atoms with E-state index in [1.165, 1.54) is 6.42 Å². The quantitative estimate of drug-likeness (QED) is 0.487. The molecule has 1 fully saturated rings. The normalized spacial score (nSPS) is 19.3. The zero-order valence-corrected chi connectivity index (χ0v) is 19.3. The molecule has 0 aromatic rings. The summed E-state index contributed by atoms with van der Waals surface area (Å²) in [4.78, 5) is 21.4. The minimum atomic E-state index is -0.496. The van der Waals surface area contributed by atoms with E-state index in [9.17, 15) is 4.79 Å². The molecule has 1 aliphatic heterocycles. The zero-order valence-electron chi connectivity index (χ0n) is 19.3. The van der Waals surface area contributed by atoms with Crippen LogP contribution in [-0.4, -0.2) is 79.8 Å². The van der Waals surface area contributed by atoms with Crippen LogP contribution in [0.4, 0.5) is 4.79 Å². The summed E-state index contributed by atoms with van der Waals surface area (Å²) in [6.45, 7) is 20.3. The van der Waals surface area contributed by atoms with Crippen molar-refractivity contribution >= 4 is 12.1 Å². The van der Waals surface area contributed by atoms with Gasteiger partial charge in [0.2, 0.25) is 0 Å². The molecule has 1 rings (SSSR count). The smallest absolute Gasteiger partial charge is 0.407 e. The zero-order chi connectivity index (χ0) is 21.3. The molecule has 0 radical (unpaired) electrons. The predicted octanol–water partition coefficient (Wildman–Crippen LogP) is 2.77. The number of nitrogens with one attached hydrogen (secondary N) is 2. The van der Waals surface area contributed by atoms with Gasteiger partial charge in [0.25, 0.3) is 0 Å². The van der Waals surface area contributed by atoms with Gasteiger partial charge >= 0.3 is 6.09 Å². The Bertz CT molecular complexity index is 498. The number of rotatable bonds is 8. The van der Waals surface area contributed by atoms with Crippen molar-refractivity contribution in [2.75, 3.05) is 46.3 Å². The first-order valence-corrected chi connectivity index (χ1v) is 10.8. The lowest BCUT2D eigenvalue weighted by atomic mass is 10.0. The van der Waals surface area contributed by atoms with Crippen molar-refractivity contribution in [2.45, 2.75) is 66.5 Å². The number of guanidine groups is 1. The van der Waals surface area contributed by atoms with Crippen molar-refractivity contribution in [3.63, 3.8) is 0 Å². The first kappa shape index (κ1) is 24.5. The summed E-state index contributed by atoms with van der Waals surface area (Å²) in [7, 11) is 1.83. The van der Waals surface area contributed by atoms with Crippen LogP contribution in [0.15, 0.2) is 4.99 Å². The van der Waals surface area contributed by atoms with Gasteiger partial charge < -0.3 is 25.2 Å². The lowest BCUT2D eigenvalue weighted by molar-refractivity contribution is 0.0491. The maximum Gasteiger partial charge on any atom is 0.407 e. The molecular weight excluding hydrogens is 354 g/mol. The highest BCUT2D eigenvalue weighted by Gasteiger charge is 2.27. The summed E-state index contributed by atoms with van der Waals surface area (Å²) in [5.74, 6) is 1.88. The molecule has 7 nitrogen and oxygen atoms in total. The molecule has 1 amide bonds. The van der Waals surface area contributed by atoms with E-state index in [1.54, 1.807) is 0 Å². The van der Waals surface area contributed by atoms with E-state index in [1.807, 2.05) is 27.8 Å². The van der Waals surface area contributed by atoms with Crippen LogP contribution < -0.4 is 10.6 Å². The van der Waals surface area contributed by atoms with Crippen LogP contribution in [0.1, 0.15) is 54.9 Å². The van der Waals surface area contributed by atoms with E-state index >= 15 is 0 Å². The molecule has 0 aromatic heterocycles. The van der Waals surface area contributed by atoms with Gasteiger partial charge in [0.05, 0.1) is 6.04 Å². The second kappa shape index (κ2) is 11.5. The third-order valence-electron chi connectivity index (χ3n) is 5.19. The average Bonchev–Trinajstić information content (AvgIpc) is 3.05. The lowest BCUT2D eigenvalue weighted by Gasteiger charge is -2.28. The Kier molecular flexibility index (Phi) is 10.1. The number of carbonyl (C=O) groups is 1. The standard InChI is InChI=1S/C21H43N5O2/c1-9-25(10-2)14-17-11-12-26(15-17)19(22-8)23-13-18(16(3)4)24-20(27)28-21(5,6)7/h16-18H,9-15H2,1-8H3,(H,22,23)(H,24,27). The Hall–Kier alpha value is -1.50. The molecular formula is C21H43N5O2. The number of amides is 1. The van der Waals surface area contributed by atoms with Crippen molar-refractivity contribution in [3.8, 4) is 0 Å². The van der Waals surface area contributed by atoms with Crippen molar-refractivity contribution < 1.29 is 9.53 Å². The molecule has 7 heteroatoms. The topological polar surface area (TPSA) is 69.2 Å². The number of nitrogens with zero attached hydrogens (tertiary/aromatic N) is 3. The Balaban J connectivity index is 2.56. The van der Waals surface area contributed by atoms with Crippen LogP contribution >= 0.6 is 0 Å². The van der Waals surface area contributed by atoms with Crippen LogP contribution in [0.25, 0.3) is 0 Å². The van der Waals surface area contributed by atoms with E-state index in [4.69, 9.17) is 4.74 Å². The molecule has 28 heavy (non-hydrogen) atoms. The van der Waals surface area contributed by atoms with Gasteiger partial charge in [0.1, 0.15) is 5.60 Å². The molecule has 2 N–H and O–H groups in total. The third kappa shape index (κ3) is 8.67. The highest BCUT2D eigenvalue weighted by molar-refractivity contribution is 5.80. The van der Waals surface area contributed by atoms with E-state index in [2.05, 4.69) is 53.1 Å². The van der Waals surface area contributed by atoms with E-state index in [0.717, 1.165) is 38.7 Å². The molecule has 1 heterocycles. The molecule has 1 aliphatic rings. The van der Waals surface area contributed by atoms with Crippen molar-refractivity contribution in [1.82, 2.24) is 20.4 Å². The van der Waals surface area contributed by atoms with Crippen LogP contribution in [0.5, 0.6) is 0 Å². The van der Waals surface area contributed by atoms with Crippen molar-refractivity contribution in [2.24, 2.45) is 16.8 Å². The molecule has 0 aliphatic carbocycles. The summed E-state index contributed by atoms with van der Waals surface area (Å²) < 4.78 is 5.40. The largest absolute Gasteiger partial charge is 0.444 e. The van der Waals surface area contributed by atoms with Gasteiger partial charge in [-0.3, -0.25) is 4.99 Å². The Morgan fingerprint density at radius 1 is 1.29 bits per heavy atom. The predicted molar refractivity (Wildman–Crippen MR) is 117 cm³/mol. The minimum absolute atomic E-state index is 0.0272. The van der Waals surface area contributed by atoms with Crippen LogP contribution in [0, 0.1) is 11.8 Å². The Labute approximate surface area is 172 Å². The maximum atomic E-state index is 12.1. The van der Waals surface area contributed by atoms with Crippen molar-refractivity contribution in [1.29, 1.82) is 0 Å². The summed E-state index contributed by atoms with van der Waals surface area (Å²) >= 11 is 0. The minimum Gasteiger partial charge on any atom is -0.444 e. The Morgan fingerprint density at radius 2 is 1.93 bits per heavy atom. The van der Waals surface area contributed by atoms with Gasteiger partial charge in [-0.15, -0.1) is 0 Å². The van der Waals surface area contributed by atoms with E-state index in [-0.39, 0.29) is 18.1 Å². The molecule has 2 atom stereocenters. The average molecular weight is 398 g/mol. The fourth-order valence-corrected chi connectivity index (χ4v) is 3.47. The molecule has 0 spiro atoms.